The molecule has 0 spiro atoms. The molecule has 2 aromatic rings. The first-order valence-corrected chi connectivity index (χ1v) is 9.71. The quantitative estimate of drug-likeness (QED) is 0.697. The molecule has 2 aromatic carbocycles. The number of benzene rings is 2. The number of carbonyl (C=O) groups excluding carboxylic acids is 3. The minimum absolute atomic E-state index is 0.0287. The van der Waals surface area contributed by atoms with E-state index in [-0.39, 0.29) is 17.8 Å². The number of hydrogen-bond acceptors (Lipinski definition) is 3. The average Bonchev–Trinajstić information content (AvgIpc) is 3.08. The van der Waals surface area contributed by atoms with Crippen LogP contribution < -0.4 is 20.9 Å². The van der Waals surface area contributed by atoms with Crippen molar-refractivity contribution in [3.63, 3.8) is 0 Å². The Hall–Kier alpha value is -3.35. The molecule has 0 aliphatic carbocycles. The van der Waals surface area contributed by atoms with Gasteiger partial charge in [0.1, 0.15) is 0 Å². The first kappa shape index (κ1) is 20.4. The molecular formula is C22H26N4O3. The summed E-state index contributed by atoms with van der Waals surface area (Å²) in [5.41, 5.74) is 3.51. The number of amides is 4. The molecule has 0 unspecified atom stereocenters. The lowest BCUT2D eigenvalue weighted by Gasteiger charge is -2.17. The first-order valence-electron chi connectivity index (χ1n) is 9.71. The SMILES string of the molecule is Cc1cc(C(=O)Nc2ccc(NC(=O)CC(C)C)cc2)ccc1N1CCNC1=O. The molecule has 1 heterocycles. The molecule has 152 valence electrons. The number of carbonyl (C=O) groups is 3. The van der Waals surface area contributed by atoms with Crippen LogP contribution in [0.5, 0.6) is 0 Å². The van der Waals surface area contributed by atoms with Gasteiger partial charge in [0.25, 0.3) is 5.91 Å². The molecule has 0 saturated carbocycles. The van der Waals surface area contributed by atoms with Crippen molar-refractivity contribution >= 4 is 34.9 Å². The van der Waals surface area contributed by atoms with Gasteiger partial charge in [-0.25, -0.2) is 4.79 Å². The van der Waals surface area contributed by atoms with Crippen molar-refractivity contribution in [2.45, 2.75) is 27.2 Å². The maximum Gasteiger partial charge on any atom is 0.322 e. The Balaban J connectivity index is 1.63. The zero-order valence-corrected chi connectivity index (χ0v) is 16.9. The Bertz CT molecular complexity index is 922. The van der Waals surface area contributed by atoms with Gasteiger partial charge in [0.2, 0.25) is 5.91 Å². The van der Waals surface area contributed by atoms with Gasteiger partial charge in [0.05, 0.1) is 0 Å². The number of anilines is 3. The van der Waals surface area contributed by atoms with E-state index in [0.717, 1.165) is 11.3 Å². The summed E-state index contributed by atoms with van der Waals surface area (Å²) in [6.45, 7) is 7.10. The van der Waals surface area contributed by atoms with E-state index >= 15 is 0 Å². The predicted molar refractivity (Wildman–Crippen MR) is 114 cm³/mol. The highest BCUT2D eigenvalue weighted by atomic mass is 16.2. The second-order valence-electron chi connectivity index (χ2n) is 7.56. The lowest BCUT2D eigenvalue weighted by Crippen LogP contribution is -2.28. The van der Waals surface area contributed by atoms with Gasteiger partial charge in [-0.15, -0.1) is 0 Å². The minimum atomic E-state index is -0.234. The Labute approximate surface area is 170 Å². The summed E-state index contributed by atoms with van der Waals surface area (Å²) < 4.78 is 0. The van der Waals surface area contributed by atoms with Crippen LogP contribution in [0.1, 0.15) is 36.2 Å². The van der Waals surface area contributed by atoms with Crippen molar-refractivity contribution in [2.24, 2.45) is 5.92 Å². The number of nitrogens with one attached hydrogen (secondary N) is 3. The fourth-order valence-electron chi connectivity index (χ4n) is 3.22. The normalized spacial score (nSPS) is 13.4. The van der Waals surface area contributed by atoms with E-state index in [9.17, 15) is 14.4 Å². The van der Waals surface area contributed by atoms with E-state index in [0.29, 0.717) is 42.4 Å². The number of hydrogen-bond donors (Lipinski definition) is 3. The molecule has 1 aliphatic rings. The summed E-state index contributed by atoms with van der Waals surface area (Å²) in [4.78, 5) is 37.9. The molecule has 7 nitrogen and oxygen atoms in total. The zero-order chi connectivity index (χ0) is 21.0. The van der Waals surface area contributed by atoms with Crippen LogP contribution in [0.25, 0.3) is 0 Å². The molecule has 3 N–H and O–H groups in total. The van der Waals surface area contributed by atoms with Crippen molar-refractivity contribution < 1.29 is 14.4 Å². The van der Waals surface area contributed by atoms with E-state index in [1.165, 1.54) is 0 Å². The van der Waals surface area contributed by atoms with Crippen LogP contribution in [0, 0.1) is 12.8 Å². The Kier molecular flexibility index (Phi) is 6.16. The number of rotatable bonds is 6. The molecule has 1 saturated heterocycles. The molecule has 29 heavy (non-hydrogen) atoms. The summed E-state index contributed by atoms with van der Waals surface area (Å²) in [5, 5.41) is 8.46. The summed E-state index contributed by atoms with van der Waals surface area (Å²) in [5.74, 6) is 0.0319. The van der Waals surface area contributed by atoms with Gasteiger partial charge >= 0.3 is 6.03 Å². The van der Waals surface area contributed by atoms with Crippen LogP contribution in [0.4, 0.5) is 21.9 Å². The first-order chi connectivity index (χ1) is 13.8. The van der Waals surface area contributed by atoms with E-state index in [4.69, 9.17) is 0 Å². The van der Waals surface area contributed by atoms with Crippen molar-refractivity contribution in [1.29, 1.82) is 0 Å². The standard InChI is InChI=1S/C22H26N4O3/c1-14(2)12-20(27)24-17-5-7-18(8-6-17)25-21(28)16-4-9-19(15(3)13-16)26-11-10-23-22(26)29/h4-9,13-14H,10-12H2,1-3H3,(H,23,29)(H,24,27)(H,25,28). The summed E-state index contributed by atoms with van der Waals surface area (Å²) in [7, 11) is 0. The third-order valence-electron chi connectivity index (χ3n) is 4.63. The van der Waals surface area contributed by atoms with Gasteiger partial charge in [0, 0.05) is 42.1 Å². The van der Waals surface area contributed by atoms with Gasteiger partial charge in [-0.2, -0.15) is 0 Å². The number of aryl methyl sites for hydroxylation is 1. The van der Waals surface area contributed by atoms with Gasteiger partial charge in [-0.3, -0.25) is 14.5 Å². The van der Waals surface area contributed by atoms with Gasteiger partial charge in [0.15, 0.2) is 0 Å². The molecule has 1 fully saturated rings. The molecule has 4 amide bonds. The molecule has 0 radical (unpaired) electrons. The summed E-state index contributed by atoms with van der Waals surface area (Å²) >= 11 is 0. The van der Waals surface area contributed by atoms with Crippen LogP contribution in [-0.4, -0.2) is 30.9 Å². The van der Waals surface area contributed by atoms with Crippen LogP contribution in [0.3, 0.4) is 0 Å². The predicted octanol–water partition coefficient (Wildman–Crippen LogP) is 3.76. The van der Waals surface area contributed by atoms with E-state index in [1.54, 1.807) is 47.4 Å². The highest BCUT2D eigenvalue weighted by Crippen LogP contribution is 2.23. The fourth-order valence-corrected chi connectivity index (χ4v) is 3.22. The highest BCUT2D eigenvalue weighted by molar-refractivity contribution is 6.05. The van der Waals surface area contributed by atoms with Crippen LogP contribution in [-0.2, 0) is 4.79 Å². The third-order valence-corrected chi connectivity index (χ3v) is 4.63. The monoisotopic (exact) mass is 394 g/mol. The Morgan fingerprint density at radius 3 is 2.28 bits per heavy atom. The molecule has 1 aliphatic heterocycles. The molecule has 3 rings (SSSR count). The van der Waals surface area contributed by atoms with Crippen molar-refractivity contribution in [3.05, 3.63) is 53.6 Å². The summed E-state index contributed by atoms with van der Waals surface area (Å²) in [6.07, 6.45) is 0.465. The second-order valence-corrected chi connectivity index (χ2v) is 7.56. The fraction of sp³-hybridized carbons (Fsp3) is 0.318. The highest BCUT2D eigenvalue weighted by Gasteiger charge is 2.23. The van der Waals surface area contributed by atoms with Crippen molar-refractivity contribution in [3.8, 4) is 0 Å². The second kappa shape index (κ2) is 8.77. The molecule has 0 atom stereocenters. The number of urea groups is 1. The van der Waals surface area contributed by atoms with Crippen molar-refractivity contribution in [2.75, 3.05) is 28.6 Å². The Morgan fingerprint density at radius 1 is 1.07 bits per heavy atom. The molecule has 0 bridgehead atoms. The maximum absolute atomic E-state index is 12.6. The zero-order valence-electron chi connectivity index (χ0n) is 16.9. The van der Waals surface area contributed by atoms with Crippen LogP contribution >= 0.6 is 0 Å². The molecular weight excluding hydrogens is 368 g/mol. The lowest BCUT2D eigenvalue weighted by atomic mass is 10.1. The van der Waals surface area contributed by atoms with Crippen LogP contribution in [0.15, 0.2) is 42.5 Å². The Morgan fingerprint density at radius 2 is 1.72 bits per heavy atom. The lowest BCUT2D eigenvalue weighted by molar-refractivity contribution is -0.116. The third kappa shape index (κ3) is 5.13. The van der Waals surface area contributed by atoms with E-state index in [1.807, 2.05) is 20.8 Å². The van der Waals surface area contributed by atoms with Gasteiger partial charge in [-0.1, -0.05) is 13.8 Å². The van der Waals surface area contributed by atoms with Crippen molar-refractivity contribution in [1.82, 2.24) is 5.32 Å². The maximum atomic E-state index is 12.6. The molecule has 0 aromatic heterocycles. The van der Waals surface area contributed by atoms with E-state index in [2.05, 4.69) is 16.0 Å². The largest absolute Gasteiger partial charge is 0.336 e. The smallest absolute Gasteiger partial charge is 0.322 e. The minimum Gasteiger partial charge on any atom is -0.336 e. The average molecular weight is 394 g/mol. The number of nitrogens with zero attached hydrogens (tertiary/aromatic N) is 1. The molecule has 7 heteroatoms. The topological polar surface area (TPSA) is 90.5 Å². The summed E-state index contributed by atoms with van der Waals surface area (Å²) in [6, 6.07) is 12.2. The van der Waals surface area contributed by atoms with E-state index < -0.39 is 0 Å². The van der Waals surface area contributed by atoms with Crippen LogP contribution in [0.2, 0.25) is 0 Å². The van der Waals surface area contributed by atoms with Gasteiger partial charge in [-0.05, 0) is 60.9 Å². The van der Waals surface area contributed by atoms with Gasteiger partial charge < -0.3 is 16.0 Å².